The number of benzene rings is 3. The highest BCUT2D eigenvalue weighted by Gasteiger charge is 2.43. The molecule has 0 spiro atoms. The van der Waals surface area contributed by atoms with Gasteiger partial charge in [0.2, 0.25) is 5.76 Å². The minimum Gasteiger partial charge on any atom is -0.462 e. The predicted molar refractivity (Wildman–Crippen MR) is 134 cm³/mol. The molecule has 7 heteroatoms. The number of halogens is 1. The van der Waals surface area contributed by atoms with Gasteiger partial charge in [-0.3, -0.25) is 14.5 Å². The lowest BCUT2D eigenvalue weighted by Gasteiger charge is -2.25. The standard InChI is InChI=1S/C29H24FNO5/c1-3-4-15-35-29(34)19-8-12-21(13-9-19)31-25(18-6-10-20(30)11-7-18)24-26(32)22-16-17(2)5-14-23(22)36-27(24)28(31)33/h5-14,16,25H,3-4,15H2,1-2H3. The Morgan fingerprint density at radius 3 is 2.44 bits per heavy atom. The Bertz CT molecular complexity index is 1520. The first-order valence-corrected chi connectivity index (χ1v) is 11.8. The smallest absolute Gasteiger partial charge is 0.338 e. The number of hydrogen-bond acceptors (Lipinski definition) is 5. The van der Waals surface area contributed by atoms with Crippen LogP contribution in [0.2, 0.25) is 0 Å². The van der Waals surface area contributed by atoms with E-state index in [1.165, 1.54) is 17.0 Å². The molecular formula is C29H24FNO5. The predicted octanol–water partition coefficient (Wildman–Crippen LogP) is 5.95. The van der Waals surface area contributed by atoms with Gasteiger partial charge in [0.1, 0.15) is 11.4 Å². The van der Waals surface area contributed by atoms with Crippen molar-refractivity contribution >= 4 is 28.5 Å². The van der Waals surface area contributed by atoms with E-state index in [1.807, 2.05) is 19.9 Å². The lowest BCUT2D eigenvalue weighted by molar-refractivity contribution is 0.0499. The van der Waals surface area contributed by atoms with Gasteiger partial charge in [-0.15, -0.1) is 0 Å². The van der Waals surface area contributed by atoms with E-state index in [0.717, 1.165) is 18.4 Å². The summed E-state index contributed by atoms with van der Waals surface area (Å²) >= 11 is 0. The van der Waals surface area contributed by atoms with Gasteiger partial charge in [-0.2, -0.15) is 0 Å². The van der Waals surface area contributed by atoms with E-state index in [2.05, 4.69) is 0 Å². The minimum atomic E-state index is -0.823. The third-order valence-electron chi connectivity index (χ3n) is 6.32. The summed E-state index contributed by atoms with van der Waals surface area (Å²) in [6.07, 6.45) is 1.69. The van der Waals surface area contributed by atoms with Gasteiger partial charge in [0.05, 0.1) is 29.2 Å². The number of ether oxygens (including phenoxy) is 1. The Morgan fingerprint density at radius 2 is 1.75 bits per heavy atom. The Hall–Kier alpha value is -4.26. The molecule has 0 radical (unpaired) electrons. The van der Waals surface area contributed by atoms with Crippen molar-refractivity contribution in [1.82, 2.24) is 0 Å². The highest BCUT2D eigenvalue weighted by molar-refractivity contribution is 6.10. The zero-order chi connectivity index (χ0) is 25.4. The summed E-state index contributed by atoms with van der Waals surface area (Å²) in [5.74, 6) is -1.41. The van der Waals surface area contributed by atoms with E-state index in [4.69, 9.17) is 9.15 Å². The molecule has 1 aliphatic heterocycles. The van der Waals surface area contributed by atoms with Crippen LogP contribution in [-0.4, -0.2) is 18.5 Å². The molecule has 5 rings (SSSR count). The fourth-order valence-electron chi connectivity index (χ4n) is 4.46. The second-order valence-electron chi connectivity index (χ2n) is 8.84. The average molecular weight is 486 g/mol. The van der Waals surface area contributed by atoms with Gasteiger partial charge in [-0.1, -0.05) is 37.1 Å². The second-order valence-corrected chi connectivity index (χ2v) is 8.84. The Kier molecular flexibility index (Phi) is 6.14. The minimum absolute atomic E-state index is 0.0475. The van der Waals surface area contributed by atoms with Gasteiger partial charge < -0.3 is 9.15 Å². The van der Waals surface area contributed by atoms with Gasteiger partial charge in [-0.25, -0.2) is 9.18 Å². The van der Waals surface area contributed by atoms with Crippen LogP contribution in [0.25, 0.3) is 11.0 Å². The largest absolute Gasteiger partial charge is 0.462 e. The third kappa shape index (κ3) is 4.06. The molecule has 36 heavy (non-hydrogen) atoms. The van der Waals surface area contributed by atoms with Gasteiger partial charge in [0, 0.05) is 5.69 Å². The summed E-state index contributed by atoms with van der Waals surface area (Å²) < 4.78 is 24.9. The van der Waals surface area contributed by atoms with E-state index in [1.54, 1.807) is 48.5 Å². The number of carbonyl (C=O) groups is 2. The first-order valence-electron chi connectivity index (χ1n) is 11.8. The van der Waals surface area contributed by atoms with E-state index in [-0.39, 0.29) is 16.8 Å². The van der Waals surface area contributed by atoms with Crippen LogP contribution in [0.4, 0.5) is 10.1 Å². The van der Waals surface area contributed by atoms with Crippen LogP contribution in [0.5, 0.6) is 0 Å². The van der Waals surface area contributed by atoms with Crippen LogP contribution in [-0.2, 0) is 4.74 Å². The fraction of sp³-hybridized carbons (Fsp3) is 0.207. The van der Waals surface area contributed by atoms with Crippen molar-refractivity contribution < 1.29 is 23.1 Å². The molecule has 1 unspecified atom stereocenters. The molecule has 2 heterocycles. The highest BCUT2D eigenvalue weighted by Crippen LogP contribution is 2.41. The average Bonchev–Trinajstić information content (AvgIpc) is 3.17. The van der Waals surface area contributed by atoms with Crippen molar-refractivity contribution in [2.24, 2.45) is 0 Å². The first kappa shape index (κ1) is 23.5. The molecule has 0 fully saturated rings. The molecule has 1 aliphatic rings. The van der Waals surface area contributed by atoms with E-state index in [0.29, 0.717) is 34.4 Å². The summed E-state index contributed by atoms with van der Waals surface area (Å²) in [6, 6.07) is 16.5. The van der Waals surface area contributed by atoms with Crippen LogP contribution in [0, 0.1) is 12.7 Å². The number of fused-ring (bicyclic) bond motifs is 2. The molecule has 1 amide bonds. The molecule has 4 aromatic rings. The van der Waals surface area contributed by atoms with Gasteiger partial charge >= 0.3 is 5.97 Å². The number of anilines is 1. The lowest BCUT2D eigenvalue weighted by Crippen LogP contribution is -2.29. The first-order chi connectivity index (χ1) is 17.4. The summed E-state index contributed by atoms with van der Waals surface area (Å²) in [5.41, 5.74) is 2.48. The van der Waals surface area contributed by atoms with Crippen LogP contribution < -0.4 is 10.3 Å². The highest BCUT2D eigenvalue weighted by atomic mass is 19.1. The maximum absolute atomic E-state index is 13.7. The van der Waals surface area contributed by atoms with Crippen LogP contribution in [0.15, 0.2) is 75.9 Å². The van der Waals surface area contributed by atoms with Gasteiger partial charge in [-0.05, 0) is 67.4 Å². The Balaban J connectivity index is 1.62. The number of carbonyl (C=O) groups excluding carboxylic acids is 2. The summed E-state index contributed by atoms with van der Waals surface area (Å²) in [7, 11) is 0. The molecular weight excluding hydrogens is 461 g/mol. The van der Waals surface area contributed by atoms with Gasteiger partial charge in [0.25, 0.3) is 5.91 Å². The number of nitrogens with zero attached hydrogens (tertiary/aromatic N) is 1. The van der Waals surface area contributed by atoms with E-state index in [9.17, 15) is 18.8 Å². The van der Waals surface area contributed by atoms with E-state index >= 15 is 0 Å². The zero-order valence-corrected chi connectivity index (χ0v) is 19.9. The van der Waals surface area contributed by atoms with Crippen LogP contribution in [0.1, 0.15) is 63.4 Å². The summed E-state index contributed by atoms with van der Waals surface area (Å²) in [5, 5.41) is 0.376. The van der Waals surface area contributed by atoms with Crippen molar-refractivity contribution in [2.75, 3.05) is 11.5 Å². The topological polar surface area (TPSA) is 76.8 Å². The number of hydrogen-bond donors (Lipinski definition) is 0. The number of esters is 1. The Labute approximate surface area is 206 Å². The molecule has 0 saturated carbocycles. The molecule has 3 aromatic carbocycles. The molecule has 0 bridgehead atoms. The van der Waals surface area contributed by atoms with E-state index < -0.39 is 23.7 Å². The zero-order valence-electron chi connectivity index (χ0n) is 19.9. The molecule has 6 nitrogen and oxygen atoms in total. The van der Waals surface area contributed by atoms with Crippen molar-refractivity contribution in [2.45, 2.75) is 32.7 Å². The molecule has 1 aromatic heterocycles. The van der Waals surface area contributed by atoms with Gasteiger partial charge in [0.15, 0.2) is 5.43 Å². The third-order valence-corrected chi connectivity index (χ3v) is 6.32. The molecule has 0 aliphatic carbocycles. The lowest BCUT2D eigenvalue weighted by atomic mass is 9.98. The molecule has 0 N–H and O–H groups in total. The summed E-state index contributed by atoms with van der Waals surface area (Å²) in [6.45, 7) is 4.22. The van der Waals surface area contributed by atoms with Crippen molar-refractivity contribution in [1.29, 1.82) is 0 Å². The number of amides is 1. The maximum Gasteiger partial charge on any atom is 0.338 e. The van der Waals surface area contributed by atoms with Crippen molar-refractivity contribution in [3.05, 3.63) is 111 Å². The second kappa shape index (κ2) is 9.41. The van der Waals surface area contributed by atoms with Crippen molar-refractivity contribution in [3.63, 3.8) is 0 Å². The van der Waals surface area contributed by atoms with Crippen LogP contribution >= 0.6 is 0 Å². The number of rotatable bonds is 6. The molecule has 0 saturated heterocycles. The SMILES string of the molecule is CCCCOC(=O)c1ccc(N2C(=O)c3oc4ccc(C)cc4c(=O)c3C2c2ccc(F)cc2)cc1. The maximum atomic E-state index is 13.7. The monoisotopic (exact) mass is 485 g/mol. The van der Waals surface area contributed by atoms with Crippen LogP contribution in [0.3, 0.4) is 0 Å². The summed E-state index contributed by atoms with van der Waals surface area (Å²) in [4.78, 5) is 41.0. The normalized spacial score (nSPS) is 14.8. The molecule has 182 valence electrons. The number of unbranched alkanes of at least 4 members (excludes halogenated alkanes) is 1. The quantitative estimate of drug-likeness (QED) is 0.249. The molecule has 1 atom stereocenters. The Morgan fingerprint density at radius 1 is 1.03 bits per heavy atom. The van der Waals surface area contributed by atoms with Crippen molar-refractivity contribution in [3.8, 4) is 0 Å². The number of aryl methyl sites for hydroxylation is 1. The fourth-order valence-corrected chi connectivity index (χ4v) is 4.46.